The van der Waals surface area contributed by atoms with Gasteiger partial charge in [-0.05, 0) is 66.4 Å². The monoisotopic (exact) mass is 639 g/mol. The summed E-state index contributed by atoms with van der Waals surface area (Å²) < 4.78 is 45.7. The average molecular weight is 640 g/mol. The second kappa shape index (κ2) is 13.8. The minimum Gasteiger partial charge on any atom is -0.469 e. The van der Waals surface area contributed by atoms with E-state index in [2.05, 4.69) is 10.6 Å². The highest BCUT2D eigenvalue weighted by atomic mass is 19.4. The van der Waals surface area contributed by atoms with Gasteiger partial charge in [-0.25, -0.2) is 0 Å². The molecule has 1 heterocycles. The number of alkyl halides is 3. The molecule has 2 N–H and O–H groups in total. The molecule has 0 atom stereocenters. The quantitative estimate of drug-likeness (QED) is 0.158. The third-order valence-electron chi connectivity index (χ3n) is 7.80. The van der Waals surface area contributed by atoms with Gasteiger partial charge in [0.25, 0.3) is 11.8 Å². The van der Waals surface area contributed by atoms with Gasteiger partial charge in [-0.15, -0.1) is 0 Å². The number of carbonyl (C=O) groups excluding carboxylic acids is 3. The standard InChI is InChI=1S/C37H32F3N3O4/c1-23-8-10-25(11-9-23)26-14-18-29(19-15-26)41-36(46)34-24(2)32(22-43(34)21-20-33(44)47-3)42-35(45)31-7-5-4-6-30(31)27-12-16-28(17-13-27)37(38,39)40/h4-19,22H,20-21H2,1-3H3,(H,41,46)(H,42,45). The van der Waals surface area contributed by atoms with Crippen molar-refractivity contribution in [2.75, 3.05) is 17.7 Å². The Hall–Kier alpha value is -5.64. The summed E-state index contributed by atoms with van der Waals surface area (Å²) >= 11 is 0. The number of rotatable bonds is 9. The molecule has 0 aliphatic rings. The first-order valence-corrected chi connectivity index (χ1v) is 14.8. The summed E-state index contributed by atoms with van der Waals surface area (Å²) in [5.41, 5.74) is 5.09. The van der Waals surface area contributed by atoms with Gasteiger partial charge in [0.15, 0.2) is 0 Å². The topological polar surface area (TPSA) is 89.4 Å². The number of amides is 2. The van der Waals surface area contributed by atoms with E-state index in [1.165, 1.54) is 19.2 Å². The number of anilines is 2. The molecule has 10 heteroatoms. The van der Waals surface area contributed by atoms with Crippen molar-refractivity contribution in [1.82, 2.24) is 4.57 Å². The van der Waals surface area contributed by atoms with E-state index < -0.39 is 29.5 Å². The number of halogens is 3. The molecule has 0 unspecified atom stereocenters. The molecule has 0 aliphatic heterocycles. The zero-order valence-electron chi connectivity index (χ0n) is 25.9. The Bertz CT molecular complexity index is 1910. The molecule has 5 rings (SSSR count). The van der Waals surface area contributed by atoms with Gasteiger partial charge in [-0.2, -0.15) is 13.2 Å². The fourth-order valence-corrected chi connectivity index (χ4v) is 5.22. The van der Waals surface area contributed by atoms with E-state index in [1.807, 2.05) is 43.3 Å². The molecule has 0 saturated carbocycles. The first-order chi connectivity index (χ1) is 22.4. The highest BCUT2D eigenvalue weighted by Crippen LogP contribution is 2.33. The summed E-state index contributed by atoms with van der Waals surface area (Å²) in [6, 6.07) is 26.6. The summed E-state index contributed by atoms with van der Waals surface area (Å²) in [5, 5.41) is 5.75. The molecule has 0 spiro atoms. The number of nitrogens with one attached hydrogen (secondary N) is 2. The third-order valence-corrected chi connectivity index (χ3v) is 7.80. The number of carbonyl (C=O) groups is 3. The number of ether oxygens (including phenoxy) is 1. The van der Waals surface area contributed by atoms with Gasteiger partial charge in [0.1, 0.15) is 5.69 Å². The summed E-state index contributed by atoms with van der Waals surface area (Å²) in [7, 11) is 1.27. The fourth-order valence-electron chi connectivity index (χ4n) is 5.22. The van der Waals surface area contributed by atoms with Gasteiger partial charge in [0.2, 0.25) is 0 Å². The first-order valence-electron chi connectivity index (χ1n) is 14.8. The van der Waals surface area contributed by atoms with E-state index >= 15 is 0 Å². The molecule has 0 bridgehead atoms. The molecule has 47 heavy (non-hydrogen) atoms. The van der Waals surface area contributed by atoms with Crippen LogP contribution >= 0.6 is 0 Å². The maximum atomic E-state index is 13.6. The summed E-state index contributed by atoms with van der Waals surface area (Å²) in [6.45, 7) is 3.81. The molecule has 4 aromatic carbocycles. The molecule has 7 nitrogen and oxygen atoms in total. The van der Waals surface area contributed by atoms with Crippen LogP contribution < -0.4 is 10.6 Å². The van der Waals surface area contributed by atoms with E-state index in [-0.39, 0.29) is 24.2 Å². The smallest absolute Gasteiger partial charge is 0.416 e. The van der Waals surface area contributed by atoms with E-state index in [0.29, 0.717) is 28.1 Å². The lowest BCUT2D eigenvalue weighted by Crippen LogP contribution is -2.19. The van der Waals surface area contributed by atoms with Gasteiger partial charge >= 0.3 is 12.1 Å². The number of benzene rings is 4. The van der Waals surface area contributed by atoms with Gasteiger partial charge in [0, 0.05) is 29.6 Å². The van der Waals surface area contributed by atoms with Crippen LogP contribution in [0.15, 0.2) is 103 Å². The van der Waals surface area contributed by atoms with Crippen molar-refractivity contribution in [2.45, 2.75) is 33.0 Å². The van der Waals surface area contributed by atoms with Gasteiger partial charge in [0.05, 0.1) is 24.8 Å². The average Bonchev–Trinajstić information content (AvgIpc) is 3.38. The molecule has 0 saturated heterocycles. The lowest BCUT2D eigenvalue weighted by molar-refractivity contribution is -0.141. The minimum atomic E-state index is -4.48. The number of hydrogen-bond acceptors (Lipinski definition) is 4. The predicted octanol–water partition coefficient (Wildman–Crippen LogP) is 8.53. The molecule has 0 fully saturated rings. The Balaban J connectivity index is 1.40. The van der Waals surface area contributed by atoms with Crippen LogP contribution in [-0.2, 0) is 22.3 Å². The van der Waals surface area contributed by atoms with Gasteiger partial charge < -0.3 is 19.9 Å². The number of aryl methyl sites for hydroxylation is 2. The van der Waals surface area contributed by atoms with Crippen molar-refractivity contribution in [2.24, 2.45) is 0 Å². The second-order valence-electron chi connectivity index (χ2n) is 11.0. The predicted molar refractivity (Wildman–Crippen MR) is 175 cm³/mol. The zero-order chi connectivity index (χ0) is 33.7. The van der Waals surface area contributed by atoms with E-state index in [0.717, 1.165) is 28.8 Å². The van der Waals surface area contributed by atoms with E-state index in [9.17, 15) is 27.6 Å². The number of methoxy groups -OCH3 is 1. The van der Waals surface area contributed by atoms with Crippen LogP contribution in [-0.4, -0.2) is 29.5 Å². The maximum absolute atomic E-state index is 13.6. The molecule has 0 aliphatic carbocycles. The van der Waals surface area contributed by atoms with Crippen LogP contribution in [0.3, 0.4) is 0 Å². The van der Waals surface area contributed by atoms with Crippen LogP contribution in [0.5, 0.6) is 0 Å². The Kier molecular flexibility index (Phi) is 9.60. The zero-order valence-corrected chi connectivity index (χ0v) is 25.9. The fraction of sp³-hybridized carbons (Fsp3) is 0.162. The van der Waals surface area contributed by atoms with Crippen molar-refractivity contribution in [3.63, 3.8) is 0 Å². The molecular weight excluding hydrogens is 607 g/mol. The van der Waals surface area contributed by atoms with E-state index in [4.69, 9.17) is 4.74 Å². The van der Waals surface area contributed by atoms with Crippen LogP contribution in [0.4, 0.5) is 24.5 Å². The Morgan fingerprint density at radius 3 is 1.96 bits per heavy atom. The van der Waals surface area contributed by atoms with Crippen molar-refractivity contribution in [3.05, 3.63) is 131 Å². The molecule has 1 aromatic heterocycles. The molecule has 240 valence electrons. The van der Waals surface area contributed by atoms with Crippen molar-refractivity contribution >= 4 is 29.2 Å². The molecule has 2 amide bonds. The summed E-state index contributed by atoms with van der Waals surface area (Å²) in [5.74, 6) is -1.43. The number of hydrogen-bond donors (Lipinski definition) is 2. The molecule has 5 aromatic rings. The number of nitrogens with zero attached hydrogens (tertiary/aromatic N) is 1. The first kappa shape index (κ1) is 32.7. The normalized spacial score (nSPS) is 11.2. The summed E-state index contributed by atoms with van der Waals surface area (Å²) in [6.07, 6.45) is -2.92. The highest BCUT2D eigenvalue weighted by molar-refractivity contribution is 6.11. The number of aromatic nitrogens is 1. The van der Waals surface area contributed by atoms with Gasteiger partial charge in [-0.3, -0.25) is 14.4 Å². The van der Waals surface area contributed by atoms with Crippen molar-refractivity contribution in [3.8, 4) is 22.3 Å². The number of esters is 1. The summed E-state index contributed by atoms with van der Waals surface area (Å²) in [4.78, 5) is 39.2. The molecule has 0 radical (unpaired) electrons. The van der Waals surface area contributed by atoms with Crippen molar-refractivity contribution in [1.29, 1.82) is 0 Å². The van der Waals surface area contributed by atoms with E-state index in [1.54, 1.807) is 54.1 Å². The highest BCUT2D eigenvalue weighted by Gasteiger charge is 2.30. The lowest BCUT2D eigenvalue weighted by Gasteiger charge is -2.12. The van der Waals surface area contributed by atoms with Crippen LogP contribution in [0.25, 0.3) is 22.3 Å². The Labute approximate surface area is 270 Å². The second-order valence-corrected chi connectivity index (χ2v) is 11.0. The SMILES string of the molecule is COC(=O)CCn1cc(NC(=O)c2ccccc2-c2ccc(C(F)(F)F)cc2)c(C)c1C(=O)Nc1ccc(-c2ccc(C)cc2)cc1. The molecular formula is C37H32F3N3O4. The van der Waals surface area contributed by atoms with Crippen LogP contribution in [0.2, 0.25) is 0 Å². The minimum absolute atomic E-state index is 0.0136. The maximum Gasteiger partial charge on any atom is 0.416 e. The van der Waals surface area contributed by atoms with Crippen molar-refractivity contribution < 1.29 is 32.3 Å². The van der Waals surface area contributed by atoms with Gasteiger partial charge in [-0.1, -0.05) is 72.3 Å². The Morgan fingerprint density at radius 2 is 1.34 bits per heavy atom. The Morgan fingerprint density at radius 1 is 0.745 bits per heavy atom. The lowest BCUT2D eigenvalue weighted by atomic mass is 9.98. The van der Waals surface area contributed by atoms with Crippen LogP contribution in [0, 0.1) is 13.8 Å². The largest absolute Gasteiger partial charge is 0.469 e. The third kappa shape index (κ3) is 7.61. The van der Waals surface area contributed by atoms with Crippen LogP contribution in [0.1, 0.15) is 44.0 Å².